The van der Waals surface area contributed by atoms with E-state index in [0.717, 1.165) is 24.7 Å². The normalized spacial score (nSPS) is 13.4. The van der Waals surface area contributed by atoms with Crippen molar-refractivity contribution in [1.29, 1.82) is 0 Å². The minimum absolute atomic E-state index is 0.562. The SMILES string of the molecule is CC(C)C(CN)CN(C)Cc1ccc(Cl)cc1. The van der Waals surface area contributed by atoms with Crippen molar-refractivity contribution in [3.8, 4) is 0 Å². The average molecular weight is 255 g/mol. The van der Waals surface area contributed by atoms with Crippen molar-refractivity contribution in [2.45, 2.75) is 20.4 Å². The Morgan fingerprint density at radius 2 is 1.82 bits per heavy atom. The van der Waals surface area contributed by atoms with Gasteiger partial charge in [0.15, 0.2) is 0 Å². The summed E-state index contributed by atoms with van der Waals surface area (Å²) in [6.45, 7) is 7.20. The van der Waals surface area contributed by atoms with Gasteiger partial charge in [0.05, 0.1) is 0 Å². The van der Waals surface area contributed by atoms with Gasteiger partial charge in [-0.3, -0.25) is 0 Å². The van der Waals surface area contributed by atoms with Gasteiger partial charge >= 0.3 is 0 Å². The number of hydrogen-bond donors (Lipinski definition) is 1. The van der Waals surface area contributed by atoms with Crippen LogP contribution >= 0.6 is 11.6 Å². The van der Waals surface area contributed by atoms with E-state index in [9.17, 15) is 0 Å². The van der Waals surface area contributed by atoms with Crippen LogP contribution in [0.3, 0.4) is 0 Å². The van der Waals surface area contributed by atoms with Crippen LogP contribution in [-0.4, -0.2) is 25.0 Å². The van der Waals surface area contributed by atoms with Crippen molar-refractivity contribution in [2.24, 2.45) is 17.6 Å². The third-order valence-electron chi connectivity index (χ3n) is 3.16. The van der Waals surface area contributed by atoms with Crippen LogP contribution in [0, 0.1) is 11.8 Å². The maximum absolute atomic E-state index is 5.87. The van der Waals surface area contributed by atoms with E-state index in [1.807, 2.05) is 12.1 Å². The fourth-order valence-electron chi connectivity index (χ4n) is 1.92. The Hall–Kier alpha value is -0.570. The Labute approximate surface area is 110 Å². The van der Waals surface area contributed by atoms with Crippen LogP contribution in [0.5, 0.6) is 0 Å². The van der Waals surface area contributed by atoms with Gasteiger partial charge in [-0.05, 0) is 43.1 Å². The molecule has 0 bridgehead atoms. The Balaban J connectivity index is 2.48. The summed E-state index contributed by atoms with van der Waals surface area (Å²) < 4.78 is 0. The molecule has 1 atom stereocenters. The van der Waals surface area contributed by atoms with Crippen molar-refractivity contribution in [3.05, 3.63) is 34.9 Å². The van der Waals surface area contributed by atoms with E-state index < -0.39 is 0 Å². The lowest BCUT2D eigenvalue weighted by Crippen LogP contribution is -2.32. The van der Waals surface area contributed by atoms with Crippen LogP contribution in [0.1, 0.15) is 19.4 Å². The zero-order valence-corrected chi connectivity index (χ0v) is 11.7. The van der Waals surface area contributed by atoms with E-state index in [1.165, 1.54) is 5.56 Å². The van der Waals surface area contributed by atoms with Gasteiger partial charge < -0.3 is 10.6 Å². The van der Waals surface area contributed by atoms with Crippen molar-refractivity contribution in [1.82, 2.24) is 4.90 Å². The lowest BCUT2D eigenvalue weighted by atomic mass is 9.95. The molecule has 0 aromatic heterocycles. The third kappa shape index (κ3) is 5.07. The Morgan fingerprint density at radius 3 is 2.29 bits per heavy atom. The molecular formula is C14H23ClN2. The molecule has 0 radical (unpaired) electrons. The summed E-state index contributed by atoms with van der Waals surface area (Å²) >= 11 is 5.87. The van der Waals surface area contributed by atoms with E-state index in [0.29, 0.717) is 11.8 Å². The predicted molar refractivity (Wildman–Crippen MR) is 75.2 cm³/mol. The van der Waals surface area contributed by atoms with Crippen LogP contribution in [-0.2, 0) is 6.54 Å². The molecule has 0 heterocycles. The van der Waals surface area contributed by atoms with Crippen LogP contribution < -0.4 is 5.73 Å². The molecule has 96 valence electrons. The van der Waals surface area contributed by atoms with Gasteiger partial charge in [-0.25, -0.2) is 0 Å². The van der Waals surface area contributed by atoms with Gasteiger partial charge in [0, 0.05) is 18.1 Å². The molecule has 0 amide bonds. The maximum atomic E-state index is 5.87. The Bertz CT molecular complexity index is 321. The van der Waals surface area contributed by atoms with Crippen molar-refractivity contribution in [3.63, 3.8) is 0 Å². The second kappa shape index (κ2) is 7.00. The summed E-state index contributed by atoms with van der Waals surface area (Å²) in [7, 11) is 2.14. The Morgan fingerprint density at radius 1 is 1.24 bits per heavy atom. The number of rotatable bonds is 6. The number of hydrogen-bond acceptors (Lipinski definition) is 2. The molecule has 2 N–H and O–H groups in total. The van der Waals surface area contributed by atoms with Crippen LogP contribution in [0.15, 0.2) is 24.3 Å². The van der Waals surface area contributed by atoms with E-state index in [4.69, 9.17) is 17.3 Å². The number of halogens is 1. The molecule has 2 nitrogen and oxygen atoms in total. The molecule has 0 aliphatic heterocycles. The zero-order valence-electron chi connectivity index (χ0n) is 11.0. The monoisotopic (exact) mass is 254 g/mol. The van der Waals surface area contributed by atoms with Crippen LogP contribution in [0.25, 0.3) is 0 Å². The summed E-state index contributed by atoms with van der Waals surface area (Å²) in [5.74, 6) is 1.19. The molecule has 0 saturated heterocycles. The molecule has 1 aromatic carbocycles. The molecule has 17 heavy (non-hydrogen) atoms. The van der Waals surface area contributed by atoms with Crippen LogP contribution in [0.4, 0.5) is 0 Å². The molecule has 3 heteroatoms. The highest BCUT2D eigenvalue weighted by Gasteiger charge is 2.13. The largest absolute Gasteiger partial charge is 0.330 e. The first-order valence-corrected chi connectivity index (χ1v) is 6.53. The van der Waals surface area contributed by atoms with Crippen molar-refractivity contribution >= 4 is 11.6 Å². The van der Waals surface area contributed by atoms with E-state index >= 15 is 0 Å². The number of nitrogens with zero attached hydrogens (tertiary/aromatic N) is 1. The Kier molecular flexibility index (Phi) is 5.96. The van der Waals surface area contributed by atoms with E-state index in [2.05, 4.69) is 37.9 Å². The first-order valence-electron chi connectivity index (χ1n) is 6.16. The third-order valence-corrected chi connectivity index (χ3v) is 3.41. The summed E-state index contributed by atoms with van der Waals surface area (Å²) in [5, 5.41) is 0.790. The molecule has 0 fully saturated rings. The minimum atomic E-state index is 0.562. The number of nitrogens with two attached hydrogens (primary N) is 1. The first kappa shape index (κ1) is 14.5. The van der Waals surface area contributed by atoms with Gasteiger partial charge in [0.2, 0.25) is 0 Å². The molecular weight excluding hydrogens is 232 g/mol. The molecule has 1 unspecified atom stereocenters. The van der Waals surface area contributed by atoms with Gasteiger partial charge in [0.25, 0.3) is 0 Å². The maximum Gasteiger partial charge on any atom is 0.0406 e. The highest BCUT2D eigenvalue weighted by Crippen LogP contribution is 2.14. The van der Waals surface area contributed by atoms with Crippen LogP contribution in [0.2, 0.25) is 5.02 Å². The summed E-state index contributed by atoms with van der Waals surface area (Å²) in [6.07, 6.45) is 0. The number of benzene rings is 1. The molecule has 1 rings (SSSR count). The molecule has 0 saturated carbocycles. The highest BCUT2D eigenvalue weighted by molar-refractivity contribution is 6.30. The lowest BCUT2D eigenvalue weighted by Gasteiger charge is -2.25. The fraction of sp³-hybridized carbons (Fsp3) is 0.571. The fourth-order valence-corrected chi connectivity index (χ4v) is 2.05. The molecule has 1 aromatic rings. The highest BCUT2D eigenvalue weighted by atomic mass is 35.5. The van der Waals surface area contributed by atoms with Gasteiger partial charge in [-0.2, -0.15) is 0 Å². The predicted octanol–water partition coefficient (Wildman–Crippen LogP) is 3.00. The van der Waals surface area contributed by atoms with E-state index in [1.54, 1.807) is 0 Å². The average Bonchev–Trinajstić information content (AvgIpc) is 2.28. The molecule has 0 spiro atoms. The quantitative estimate of drug-likeness (QED) is 0.846. The zero-order chi connectivity index (χ0) is 12.8. The van der Waals surface area contributed by atoms with E-state index in [-0.39, 0.29) is 0 Å². The standard InChI is InChI=1S/C14H23ClN2/c1-11(2)13(8-16)10-17(3)9-12-4-6-14(15)7-5-12/h4-7,11,13H,8-10,16H2,1-3H3. The smallest absolute Gasteiger partial charge is 0.0406 e. The van der Waals surface area contributed by atoms with Gasteiger partial charge in [-0.15, -0.1) is 0 Å². The molecule has 0 aliphatic carbocycles. The summed E-state index contributed by atoms with van der Waals surface area (Å²) in [5.41, 5.74) is 7.08. The van der Waals surface area contributed by atoms with Gasteiger partial charge in [0.1, 0.15) is 0 Å². The topological polar surface area (TPSA) is 29.3 Å². The van der Waals surface area contributed by atoms with Gasteiger partial charge in [-0.1, -0.05) is 37.6 Å². The van der Waals surface area contributed by atoms with Crippen molar-refractivity contribution in [2.75, 3.05) is 20.1 Å². The lowest BCUT2D eigenvalue weighted by molar-refractivity contribution is 0.234. The minimum Gasteiger partial charge on any atom is -0.330 e. The summed E-state index contributed by atoms with van der Waals surface area (Å²) in [4.78, 5) is 2.32. The first-order chi connectivity index (χ1) is 8.02. The van der Waals surface area contributed by atoms with Crippen molar-refractivity contribution < 1.29 is 0 Å². The summed E-state index contributed by atoms with van der Waals surface area (Å²) in [6, 6.07) is 8.03. The molecule has 0 aliphatic rings. The second-order valence-electron chi connectivity index (χ2n) is 5.06. The second-order valence-corrected chi connectivity index (χ2v) is 5.50.